The Kier molecular flexibility index (Phi) is 6.49. The number of nitrogens with one attached hydrogen (secondary N) is 1. The first kappa shape index (κ1) is 19.0. The number of benzene rings is 2. The third-order valence-electron chi connectivity index (χ3n) is 4.14. The molecule has 140 valence electrons. The zero-order chi connectivity index (χ0) is 19.1. The van der Waals surface area contributed by atoms with Crippen molar-refractivity contribution >= 4 is 17.7 Å². The van der Waals surface area contributed by atoms with Crippen LogP contribution in [-0.4, -0.2) is 40.6 Å². The molecule has 1 heterocycles. The number of nitrogens with zero attached hydrogens (tertiary/aromatic N) is 3. The highest BCUT2D eigenvalue weighted by atomic mass is 32.2. The van der Waals surface area contributed by atoms with Gasteiger partial charge in [0.2, 0.25) is 5.91 Å². The molecular weight excluding hydrogens is 360 g/mol. The Morgan fingerprint density at radius 3 is 2.52 bits per heavy atom. The highest BCUT2D eigenvalue weighted by Crippen LogP contribution is 2.26. The maximum atomic E-state index is 11.6. The minimum Gasteiger partial charge on any atom is -0.497 e. The van der Waals surface area contributed by atoms with E-state index in [1.807, 2.05) is 42.5 Å². The number of hydrogen-bond acceptors (Lipinski definition) is 5. The molecule has 0 radical (unpaired) electrons. The normalized spacial score (nSPS) is 10.6. The van der Waals surface area contributed by atoms with Crippen molar-refractivity contribution in [3.8, 4) is 17.1 Å². The Morgan fingerprint density at radius 2 is 1.85 bits per heavy atom. The zero-order valence-electron chi connectivity index (χ0n) is 15.4. The summed E-state index contributed by atoms with van der Waals surface area (Å²) in [6.07, 6.45) is 0.857. The molecule has 0 aliphatic carbocycles. The van der Waals surface area contributed by atoms with Crippen LogP contribution in [0.5, 0.6) is 5.75 Å². The molecule has 1 N–H and O–H groups in total. The molecule has 0 saturated heterocycles. The second kappa shape index (κ2) is 9.23. The number of aryl methyl sites for hydroxylation is 1. The van der Waals surface area contributed by atoms with Gasteiger partial charge in [-0.3, -0.25) is 4.79 Å². The van der Waals surface area contributed by atoms with E-state index in [9.17, 15) is 4.79 Å². The molecule has 0 spiro atoms. The molecule has 1 aromatic heterocycles. The number of amides is 1. The summed E-state index contributed by atoms with van der Waals surface area (Å²) < 4.78 is 7.30. The van der Waals surface area contributed by atoms with E-state index < -0.39 is 0 Å². The molecule has 0 bridgehead atoms. The van der Waals surface area contributed by atoms with E-state index in [1.54, 1.807) is 14.2 Å². The SMILES string of the molecule is CNC(=O)CSc1nnc(-c2ccc(OC)cc2)n1CCc1ccccc1. The largest absolute Gasteiger partial charge is 0.497 e. The summed E-state index contributed by atoms with van der Waals surface area (Å²) in [7, 11) is 3.27. The van der Waals surface area contributed by atoms with Crippen LogP contribution in [-0.2, 0) is 17.8 Å². The number of aromatic nitrogens is 3. The van der Waals surface area contributed by atoms with Crippen molar-refractivity contribution in [3.63, 3.8) is 0 Å². The monoisotopic (exact) mass is 382 g/mol. The van der Waals surface area contributed by atoms with Crippen molar-refractivity contribution in [1.82, 2.24) is 20.1 Å². The summed E-state index contributed by atoms with van der Waals surface area (Å²) >= 11 is 1.39. The smallest absolute Gasteiger partial charge is 0.230 e. The number of rotatable bonds is 8. The topological polar surface area (TPSA) is 69.0 Å². The van der Waals surface area contributed by atoms with Gasteiger partial charge in [-0.25, -0.2) is 0 Å². The summed E-state index contributed by atoms with van der Waals surface area (Å²) in [5, 5.41) is 12.1. The summed E-state index contributed by atoms with van der Waals surface area (Å²) in [5.41, 5.74) is 2.21. The molecular formula is C20H22N4O2S. The van der Waals surface area contributed by atoms with Gasteiger partial charge in [-0.2, -0.15) is 0 Å². The lowest BCUT2D eigenvalue weighted by Gasteiger charge is -2.11. The lowest BCUT2D eigenvalue weighted by molar-refractivity contribution is -0.118. The minimum atomic E-state index is -0.0383. The van der Waals surface area contributed by atoms with E-state index in [0.717, 1.165) is 35.3 Å². The molecule has 0 aliphatic rings. The number of methoxy groups -OCH3 is 1. The second-order valence-corrected chi connectivity index (χ2v) is 6.83. The predicted molar refractivity (Wildman–Crippen MR) is 107 cm³/mol. The van der Waals surface area contributed by atoms with Crippen LogP contribution in [0.4, 0.5) is 0 Å². The Morgan fingerprint density at radius 1 is 1.11 bits per heavy atom. The Bertz CT molecular complexity index is 879. The molecule has 3 aromatic rings. The van der Waals surface area contributed by atoms with Gasteiger partial charge in [0.15, 0.2) is 11.0 Å². The number of carbonyl (C=O) groups is 1. The molecule has 27 heavy (non-hydrogen) atoms. The van der Waals surface area contributed by atoms with Crippen molar-refractivity contribution in [2.75, 3.05) is 19.9 Å². The summed E-state index contributed by atoms with van der Waals surface area (Å²) in [5.74, 6) is 1.85. The van der Waals surface area contributed by atoms with Crippen LogP contribution in [0.25, 0.3) is 11.4 Å². The minimum absolute atomic E-state index is 0.0383. The standard InChI is InChI=1S/C20H22N4O2S/c1-21-18(25)14-27-20-23-22-19(16-8-10-17(26-2)11-9-16)24(20)13-12-15-6-4-3-5-7-15/h3-11H,12-14H2,1-2H3,(H,21,25). The average Bonchev–Trinajstić information content (AvgIpc) is 3.14. The number of thioether (sulfide) groups is 1. The lowest BCUT2D eigenvalue weighted by Crippen LogP contribution is -2.20. The predicted octanol–water partition coefficient (Wildman–Crippen LogP) is 3.03. The van der Waals surface area contributed by atoms with Gasteiger partial charge in [0.05, 0.1) is 12.9 Å². The van der Waals surface area contributed by atoms with Crippen LogP contribution in [0, 0.1) is 0 Å². The van der Waals surface area contributed by atoms with Gasteiger partial charge in [-0.1, -0.05) is 42.1 Å². The summed E-state index contributed by atoms with van der Waals surface area (Å²) in [6, 6.07) is 18.0. The molecule has 0 fully saturated rings. The fourth-order valence-corrected chi connectivity index (χ4v) is 3.48. The van der Waals surface area contributed by atoms with Gasteiger partial charge in [-0.05, 0) is 36.2 Å². The fraction of sp³-hybridized carbons (Fsp3) is 0.250. The van der Waals surface area contributed by atoms with Gasteiger partial charge in [0.1, 0.15) is 5.75 Å². The zero-order valence-corrected chi connectivity index (χ0v) is 16.2. The quantitative estimate of drug-likeness (QED) is 0.607. The van der Waals surface area contributed by atoms with E-state index >= 15 is 0 Å². The highest BCUT2D eigenvalue weighted by Gasteiger charge is 2.15. The van der Waals surface area contributed by atoms with E-state index in [1.165, 1.54) is 17.3 Å². The van der Waals surface area contributed by atoms with Gasteiger partial charge in [0, 0.05) is 19.2 Å². The molecule has 3 rings (SSSR count). The maximum Gasteiger partial charge on any atom is 0.230 e. The molecule has 1 amide bonds. The first-order valence-electron chi connectivity index (χ1n) is 8.66. The molecule has 0 saturated carbocycles. The number of ether oxygens (including phenoxy) is 1. The fourth-order valence-electron chi connectivity index (χ4n) is 2.64. The van der Waals surface area contributed by atoms with Crippen molar-refractivity contribution in [2.45, 2.75) is 18.1 Å². The van der Waals surface area contributed by atoms with Gasteiger partial charge >= 0.3 is 0 Å². The first-order chi connectivity index (χ1) is 13.2. The number of hydrogen-bond donors (Lipinski definition) is 1. The molecule has 0 aliphatic heterocycles. The van der Waals surface area contributed by atoms with Crippen molar-refractivity contribution in [1.29, 1.82) is 0 Å². The van der Waals surface area contributed by atoms with Crippen molar-refractivity contribution in [3.05, 3.63) is 60.2 Å². The van der Waals surface area contributed by atoms with Crippen molar-refractivity contribution in [2.24, 2.45) is 0 Å². The van der Waals surface area contributed by atoms with Gasteiger partial charge in [-0.15, -0.1) is 10.2 Å². The Labute approximate surface area is 163 Å². The highest BCUT2D eigenvalue weighted by molar-refractivity contribution is 7.99. The third-order valence-corrected chi connectivity index (χ3v) is 5.11. The van der Waals surface area contributed by atoms with Crippen LogP contribution in [0.1, 0.15) is 5.56 Å². The molecule has 7 heteroatoms. The summed E-state index contributed by atoms with van der Waals surface area (Å²) in [4.78, 5) is 11.6. The van der Waals surface area contributed by atoms with E-state index in [2.05, 4.69) is 32.2 Å². The summed E-state index contributed by atoms with van der Waals surface area (Å²) in [6.45, 7) is 0.731. The average molecular weight is 382 g/mol. The van der Waals surface area contributed by atoms with Gasteiger partial charge < -0.3 is 14.6 Å². The van der Waals surface area contributed by atoms with Crippen LogP contribution >= 0.6 is 11.8 Å². The van der Waals surface area contributed by atoms with E-state index in [-0.39, 0.29) is 5.91 Å². The molecule has 0 unspecified atom stereocenters. The Hall–Kier alpha value is -2.80. The van der Waals surface area contributed by atoms with Crippen molar-refractivity contribution < 1.29 is 9.53 Å². The van der Waals surface area contributed by atoms with E-state index in [4.69, 9.17) is 4.74 Å². The van der Waals surface area contributed by atoms with Crippen LogP contribution in [0.2, 0.25) is 0 Å². The van der Waals surface area contributed by atoms with Crippen LogP contribution in [0.15, 0.2) is 59.8 Å². The molecule has 6 nitrogen and oxygen atoms in total. The third kappa shape index (κ3) is 4.89. The molecule has 2 aromatic carbocycles. The Balaban J connectivity index is 1.86. The van der Waals surface area contributed by atoms with Crippen LogP contribution < -0.4 is 10.1 Å². The second-order valence-electron chi connectivity index (χ2n) is 5.88. The molecule has 0 atom stereocenters. The van der Waals surface area contributed by atoms with Crippen LogP contribution in [0.3, 0.4) is 0 Å². The lowest BCUT2D eigenvalue weighted by atomic mass is 10.1. The maximum absolute atomic E-state index is 11.6. The van der Waals surface area contributed by atoms with Gasteiger partial charge in [0.25, 0.3) is 0 Å². The van der Waals surface area contributed by atoms with E-state index in [0.29, 0.717) is 5.75 Å². The number of carbonyl (C=O) groups excluding carboxylic acids is 1. The first-order valence-corrected chi connectivity index (χ1v) is 9.64.